The first-order valence-electron chi connectivity index (χ1n) is 10.4. The van der Waals surface area contributed by atoms with E-state index in [1.54, 1.807) is 24.3 Å². The van der Waals surface area contributed by atoms with Crippen molar-refractivity contribution in [3.63, 3.8) is 0 Å². The van der Waals surface area contributed by atoms with Gasteiger partial charge in [0.05, 0.1) is 6.26 Å². The van der Waals surface area contributed by atoms with Crippen molar-refractivity contribution in [3.8, 4) is 16.9 Å². The highest BCUT2D eigenvalue weighted by atomic mass is 16.5. The summed E-state index contributed by atoms with van der Waals surface area (Å²) in [5.74, 6) is 0.440. The van der Waals surface area contributed by atoms with Crippen LogP contribution >= 0.6 is 0 Å². The monoisotopic (exact) mass is 438 g/mol. The summed E-state index contributed by atoms with van der Waals surface area (Å²) in [6.07, 6.45) is 4.29. The number of ether oxygens (including phenoxy) is 1. The van der Waals surface area contributed by atoms with Crippen LogP contribution < -0.4 is 15.6 Å². The summed E-state index contributed by atoms with van der Waals surface area (Å²) in [6, 6.07) is 28.4. The van der Waals surface area contributed by atoms with Gasteiger partial charge >= 0.3 is 0 Å². The summed E-state index contributed by atoms with van der Waals surface area (Å²) in [5.41, 5.74) is 8.15. The summed E-state index contributed by atoms with van der Waals surface area (Å²) in [5, 5.41) is 0. The Morgan fingerprint density at radius 3 is 2.33 bits per heavy atom. The van der Waals surface area contributed by atoms with Gasteiger partial charge in [-0.05, 0) is 47.5 Å². The lowest BCUT2D eigenvalue weighted by molar-refractivity contribution is -0.117. The predicted octanol–water partition coefficient (Wildman–Crippen LogP) is 5.00. The standard InChI is InChI=1S/C27H22N2O4/c30-26(17-16-23-9-6-18-32-23)28-29-27(31)22-14-12-20(13-15-22)19-33-25-11-5-4-10-24(25)21-7-2-1-3-8-21/h1-18H,19H2,(H,28,30)(H,29,31)/b17-16+. The molecule has 0 spiro atoms. The molecule has 3 aromatic carbocycles. The topological polar surface area (TPSA) is 80.6 Å². The first-order chi connectivity index (χ1) is 16.2. The van der Waals surface area contributed by atoms with Gasteiger partial charge in [-0.3, -0.25) is 20.4 Å². The molecule has 0 radical (unpaired) electrons. The Bertz CT molecular complexity index is 1230. The molecule has 0 saturated carbocycles. The Hall–Kier alpha value is -4.58. The van der Waals surface area contributed by atoms with Crippen LogP contribution in [0.15, 0.2) is 108 Å². The largest absolute Gasteiger partial charge is 0.488 e. The third-order valence-corrected chi connectivity index (χ3v) is 4.82. The summed E-state index contributed by atoms with van der Waals surface area (Å²) in [4.78, 5) is 24.1. The van der Waals surface area contributed by atoms with E-state index in [1.165, 1.54) is 18.4 Å². The van der Waals surface area contributed by atoms with Gasteiger partial charge < -0.3 is 9.15 Å². The van der Waals surface area contributed by atoms with Gasteiger partial charge in [-0.25, -0.2) is 0 Å². The maximum absolute atomic E-state index is 12.3. The van der Waals surface area contributed by atoms with Crippen LogP contribution in [-0.4, -0.2) is 11.8 Å². The number of rotatable bonds is 7. The lowest BCUT2D eigenvalue weighted by Gasteiger charge is -2.12. The molecule has 4 rings (SSSR count). The molecule has 0 aliphatic heterocycles. The predicted molar refractivity (Wildman–Crippen MR) is 126 cm³/mol. The van der Waals surface area contributed by atoms with Crippen LogP contribution in [0.4, 0.5) is 0 Å². The third-order valence-electron chi connectivity index (χ3n) is 4.82. The van der Waals surface area contributed by atoms with Crippen molar-refractivity contribution in [2.75, 3.05) is 0 Å². The highest BCUT2D eigenvalue weighted by Crippen LogP contribution is 2.30. The number of hydrogen-bond acceptors (Lipinski definition) is 4. The number of nitrogens with one attached hydrogen (secondary N) is 2. The molecule has 0 aliphatic rings. The minimum Gasteiger partial charge on any atom is -0.488 e. The van der Waals surface area contributed by atoms with Gasteiger partial charge in [-0.1, -0.05) is 60.7 Å². The zero-order valence-electron chi connectivity index (χ0n) is 17.7. The van der Waals surface area contributed by atoms with Gasteiger partial charge in [0.2, 0.25) is 0 Å². The maximum Gasteiger partial charge on any atom is 0.269 e. The van der Waals surface area contributed by atoms with Crippen molar-refractivity contribution in [2.45, 2.75) is 6.61 Å². The smallest absolute Gasteiger partial charge is 0.269 e. The summed E-state index contributed by atoms with van der Waals surface area (Å²) in [6.45, 7) is 0.361. The average molecular weight is 438 g/mol. The quantitative estimate of drug-likeness (QED) is 0.314. The average Bonchev–Trinajstić information content (AvgIpc) is 3.39. The van der Waals surface area contributed by atoms with Gasteiger partial charge in [0.1, 0.15) is 18.1 Å². The molecule has 0 bridgehead atoms. The van der Waals surface area contributed by atoms with E-state index in [-0.39, 0.29) is 0 Å². The Morgan fingerprint density at radius 2 is 1.58 bits per heavy atom. The number of carbonyl (C=O) groups excluding carboxylic acids is 2. The maximum atomic E-state index is 12.3. The Morgan fingerprint density at radius 1 is 0.818 bits per heavy atom. The summed E-state index contributed by atoms with van der Waals surface area (Å²) in [7, 11) is 0. The molecule has 4 aromatic rings. The van der Waals surface area contributed by atoms with Crippen molar-refractivity contribution >= 4 is 17.9 Å². The van der Waals surface area contributed by atoms with E-state index in [1.807, 2.05) is 66.7 Å². The Kier molecular flexibility index (Phi) is 6.98. The molecule has 0 aliphatic carbocycles. The number of para-hydroxylation sites is 1. The van der Waals surface area contributed by atoms with Crippen molar-refractivity contribution in [1.29, 1.82) is 0 Å². The molecule has 1 aromatic heterocycles. The molecule has 33 heavy (non-hydrogen) atoms. The van der Waals surface area contributed by atoms with Gasteiger partial charge in [-0.2, -0.15) is 0 Å². The van der Waals surface area contributed by atoms with Crippen LogP contribution in [0.2, 0.25) is 0 Å². The number of amides is 2. The number of benzene rings is 3. The van der Waals surface area contributed by atoms with Crippen LogP contribution in [0.25, 0.3) is 17.2 Å². The molecule has 2 amide bonds. The highest BCUT2D eigenvalue weighted by Gasteiger charge is 2.08. The fourth-order valence-corrected chi connectivity index (χ4v) is 3.14. The summed E-state index contributed by atoms with van der Waals surface area (Å²) >= 11 is 0. The van der Waals surface area contributed by atoms with Crippen LogP contribution in [0.3, 0.4) is 0 Å². The molecular formula is C27H22N2O4. The molecule has 2 N–H and O–H groups in total. The molecule has 0 saturated heterocycles. The van der Waals surface area contributed by atoms with E-state index in [0.717, 1.165) is 22.4 Å². The molecule has 0 atom stereocenters. The Labute approximate surface area is 191 Å². The van der Waals surface area contributed by atoms with Crippen molar-refractivity contribution in [3.05, 3.63) is 120 Å². The van der Waals surface area contributed by atoms with E-state index in [9.17, 15) is 9.59 Å². The first kappa shape index (κ1) is 21.6. The fraction of sp³-hybridized carbons (Fsp3) is 0.0370. The second-order valence-corrected chi connectivity index (χ2v) is 7.14. The van der Waals surface area contributed by atoms with E-state index in [2.05, 4.69) is 10.9 Å². The van der Waals surface area contributed by atoms with Crippen molar-refractivity contribution < 1.29 is 18.7 Å². The van der Waals surface area contributed by atoms with Crippen molar-refractivity contribution in [2.24, 2.45) is 0 Å². The highest BCUT2D eigenvalue weighted by molar-refractivity contribution is 5.97. The number of carbonyl (C=O) groups is 2. The summed E-state index contributed by atoms with van der Waals surface area (Å²) < 4.78 is 11.1. The second-order valence-electron chi connectivity index (χ2n) is 7.14. The first-order valence-corrected chi connectivity index (χ1v) is 10.4. The van der Waals surface area contributed by atoms with Gasteiger partial charge in [0, 0.05) is 17.2 Å². The molecular weight excluding hydrogens is 416 g/mol. The lowest BCUT2D eigenvalue weighted by Crippen LogP contribution is -2.40. The molecule has 1 heterocycles. The van der Waals surface area contributed by atoms with E-state index in [4.69, 9.17) is 9.15 Å². The van der Waals surface area contributed by atoms with E-state index >= 15 is 0 Å². The molecule has 0 fully saturated rings. The Balaban J connectivity index is 1.31. The molecule has 6 heteroatoms. The third kappa shape index (κ3) is 5.98. The molecule has 6 nitrogen and oxygen atoms in total. The zero-order valence-corrected chi connectivity index (χ0v) is 17.7. The molecule has 0 unspecified atom stereocenters. The normalized spacial score (nSPS) is 10.7. The minimum atomic E-state index is -0.471. The van der Waals surface area contributed by atoms with Crippen LogP contribution in [-0.2, 0) is 11.4 Å². The van der Waals surface area contributed by atoms with Gasteiger partial charge in [0.15, 0.2) is 0 Å². The number of furan rings is 1. The minimum absolute atomic E-state index is 0.361. The van der Waals surface area contributed by atoms with E-state index < -0.39 is 11.8 Å². The van der Waals surface area contributed by atoms with Crippen LogP contribution in [0, 0.1) is 0 Å². The fourth-order valence-electron chi connectivity index (χ4n) is 3.14. The van der Waals surface area contributed by atoms with E-state index in [0.29, 0.717) is 17.9 Å². The molecule has 164 valence electrons. The number of hydrazine groups is 1. The zero-order chi connectivity index (χ0) is 22.9. The SMILES string of the molecule is O=C(/C=C/c1ccco1)NNC(=O)c1ccc(COc2ccccc2-c2ccccc2)cc1. The van der Waals surface area contributed by atoms with Crippen LogP contribution in [0.5, 0.6) is 5.75 Å². The lowest BCUT2D eigenvalue weighted by atomic mass is 10.0. The van der Waals surface area contributed by atoms with Gasteiger partial charge in [0.25, 0.3) is 11.8 Å². The van der Waals surface area contributed by atoms with Crippen LogP contribution in [0.1, 0.15) is 21.7 Å². The van der Waals surface area contributed by atoms with Crippen molar-refractivity contribution in [1.82, 2.24) is 10.9 Å². The number of hydrogen-bond donors (Lipinski definition) is 2. The second kappa shape index (κ2) is 10.6. The van der Waals surface area contributed by atoms with Gasteiger partial charge in [-0.15, -0.1) is 0 Å².